The van der Waals surface area contributed by atoms with Gasteiger partial charge in [-0.25, -0.2) is 4.79 Å². The zero-order valence-electron chi connectivity index (χ0n) is 19.1. The predicted octanol–water partition coefficient (Wildman–Crippen LogP) is 4.09. The minimum atomic E-state index is -0.404. The number of carbonyl (C=O) groups excluding carboxylic acids is 2. The van der Waals surface area contributed by atoms with Crippen LogP contribution in [-0.2, 0) is 33.7 Å². The number of aryl methyl sites for hydroxylation is 2. The minimum Gasteiger partial charge on any atom is -0.469 e. The predicted molar refractivity (Wildman–Crippen MR) is 128 cm³/mol. The summed E-state index contributed by atoms with van der Waals surface area (Å²) in [5.41, 5.74) is 2.38. The summed E-state index contributed by atoms with van der Waals surface area (Å²) in [4.78, 5) is 26.4. The van der Waals surface area contributed by atoms with Crippen molar-refractivity contribution in [3.8, 4) is 11.4 Å². The zero-order chi connectivity index (χ0) is 23.7. The average Bonchev–Trinajstić information content (AvgIpc) is 3.63. The number of rotatable bonds is 8. The van der Waals surface area contributed by atoms with Crippen LogP contribution in [0.5, 0.6) is 0 Å². The first kappa shape index (κ1) is 23.1. The lowest BCUT2D eigenvalue weighted by Crippen LogP contribution is -2.18. The van der Waals surface area contributed by atoms with Crippen LogP contribution in [0.4, 0.5) is 5.00 Å². The molecule has 2 aliphatic rings. The van der Waals surface area contributed by atoms with Crippen molar-refractivity contribution in [1.82, 2.24) is 14.8 Å². The second-order valence-electron chi connectivity index (χ2n) is 8.33. The third-order valence-corrected chi connectivity index (χ3v) is 8.30. The Morgan fingerprint density at radius 2 is 2.21 bits per heavy atom. The van der Waals surface area contributed by atoms with Gasteiger partial charge in [0.05, 0.1) is 42.9 Å². The van der Waals surface area contributed by atoms with Crippen LogP contribution in [0.3, 0.4) is 0 Å². The molecule has 1 fully saturated rings. The van der Waals surface area contributed by atoms with Gasteiger partial charge in [-0.15, -0.1) is 21.5 Å². The van der Waals surface area contributed by atoms with Gasteiger partial charge in [-0.05, 0) is 50.7 Å². The Hall–Kier alpha value is -2.63. The van der Waals surface area contributed by atoms with E-state index in [1.165, 1.54) is 30.2 Å². The van der Waals surface area contributed by atoms with Gasteiger partial charge in [0.2, 0.25) is 5.91 Å². The van der Waals surface area contributed by atoms with E-state index >= 15 is 0 Å². The van der Waals surface area contributed by atoms with Crippen LogP contribution in [0.25, 0.3) is 11.4 Å². The normalized spacial score (nSPS) is 17.2. The first-order valence-electron chi connectivity index (χ1n) is 11.3. The number of thioether (sulfide) groups is 1. The van der Waals surface area contributed by atoms with Crippen molar-refractivity contribution >= 4 is 40.0 Å². The number of nitrogens with zero attached hydrogens (tertiary/aromatic N) is 3. The highest BCUT2D eigenvalue weighted by molar-refractivity contribution is 7.99. The van der Waals surface area contributed by atoms with Crippen LogP contribution in [0.15, 0.2) is 21.9 Å². The molecule has 0 bridgehead atoms. The summed E-state index contributed by atoms with van der Waals surface area (Å²) in [5.74, 6) is 0.988. The van der Waals surface area contributed by atoms with Gasteiger partial charge in [0.25, 0.3) is 0 Å². The van der Waals surface area contributed by atoms with E-state index in [1.54, 1.807) is 6.26 Å². The number of anilines is 1. The molecule has 0 saturated carbocycles. The standard InChI is InChI=1S/C23H26N4O5S2/c1-13-15(8-10-31-13)20-25-26-23(27(20)11-14-5-4-9-32-14)33-12-18(28)24-21-19(22(29)30-2)16-6-3-7-17(16)34-21/h8,10,14H,3-7,9,11-12H2,1-2H3,(H,24,28). The first-order chi connectivity index (χ1) is 16.5. The summed E-state index contributed by atoms with van der Waals surface area (Å²) in [6.45, 7) is 3.25. The summed E-state index contributed by atoms with van der Waals surface area (Å²) in [6, 6.07) is 1.87. The number of furan rings is 1. The Balaban J connectivity index is 1.32. The number of hydrogen-bond acceptors (Lipinski definition) is 9. The second-order valence-corrected chi connectivity index (χ2v) is 10.4. The molecule has 1 atom stereocenters. The van der Waals surface area contributed by atoms with Gasteiger partial charge in [0.1, 0.15) is 10.8 Å². The number of carbonyl (C=O) groups is 2. The monoisotopic (exact) mass is 502 g/mol. The Morgan fingerprint density at radius 1 is 1.32 bits per heavy atom. The largest absolute Gasteiger partial charge is 0.469 e. The topological polar surface area (TPSA) is 108 Å². The molecule has 3 aromatic heterocycles. The molecular weight excluding hydrogens is 476 g/mol. The van der Waals surface area contributed by atoms with Crippen molar-refractivity contribution in [1.29, 1.82) is 0 Å². The van der Waals surface area contributed by atoms with Crippen molar-refractivity contribution in [2.75, 3.05) is 24.8 Å². The Kier molecular flexibility index (Phi) is 6.75. The van der Waals surface area contributed by atoms with E-state index in [0.29, 0.717) is 28.1 Å². The van der Waals surface area contributed by atoms with Crippen LogP contribution in [0.2, 0.25) is 0 Å². The zero-order valence-corrected chi connectivity index (χ0v) is 20.7. The minimum absolute atomic E-state index is 0.0891. The number of nitrogens with one attached hydrogen (secondary N) is 1. The summed E-state index contributed by atoms with van der Waals surface area (Å²) in [6.07, 6.45) is 6.52. The molecule has 3 aromatic rings. The SMILES string of the molecule is COC(=O)c1c(NC(=O)CSc2nnc(-c3ccoc3C)n2CC2CCCO2)sc2c1CCC2. The number of ether oxygens (including phenoxy) is 2. The molecule has 1 saturated heterocycles. The molecule has 1 N–H and O–H groups in total. The number of thiophene rings is 1. The van der Waals surface area contributed by atoms with Crippen molar-refractivity contribution in [3.05, 3.63) is 34.1 Å². The van der Waals surface area contributed by atoms with E-state index in [1.807, 2.05) is 17.6 Å². The molecule has 180 valence electrons. The van der Waals surface area contributed by atoms with Crippen molar-refractivity contribution in [3.63, 3.8) is 0 Å². The summed E-state index contributed by atoms with van der Waals surface area (Å²) >= 11 is 2.78. The smallest absolute Gasteiger partial charge is 0.341 e. The summed E-state index contributed by atoms with van der Waals surface area (Å²) < 4.78 is 18.3. The number of aromatic nitrogens is 3. The lowest BCUT2D eigenvalue weighted by atomic mass is 10.1. The lowest BCUT2D eigenvalue weighted by Gasteiger charge is -2.14. The van der Waals surface area contributed by atoms with Crippen LogP contribution in [-0.4, -0.2) is 52.2 Å². The van der Waals surface area contributed by atoms with Crippen LogP contribution in [0, 0.1) is 6.92 Å². The van der Waals surface area contributed by atoms with Crippen LogP contribution in [0.1, 0.15) is 45.8 Å². The number of methoxy groups -OCH3 is 1. The maximum atomic E-state index is 12.8. The molecule has 11 heteroatoms. The van der Waals surface area contributed by atoms with Gasteiger partial charge in [-0.3, -0.25) is 9.36 Å². The fraction of sp³-hybridized carbons (Fsp3) is 0.478. The highest BCUT2D eigenvalue weighted by Crippen LogP contribution is 2.39. The molecule has 5 rings (SSSR count). The number of esters is 1. The summed E-state index contributed by atoms with van der Waals surface area (Å²) in [7, 11) is 1.36. The molecule has 1 aliphatic heterocycles. The Morgan fingerprint density at radius 3 is 2.94 bits per heavy atom. The Labute approximate surface area is 205 Å². The molecule has 0 radical (unpaired) electrons. The molecular formula is C23H26N4O5S2. The van der Waals surface area contributed by atoms with Crippen molar-refractivity contribution < 1.29 is 23.5 Å². The van der Waals surface area contributed by atoms with E-state index in [9.17, 15) is 9.59 Å². The van der Waals surface area contributed by atoms with E-state index in [-0.39, 0.29) is 17.8 Å². The molecule has 34 heavy (non-hydrogen) atoms. The maximum absolute atomic E-state index is 12.8. The molecule has 1 unspecified atom stereocenters. The molecule has 1 aliphatic carbocycles. The van der Waals surface area contributed by atoms with E-state index < -0.39 is 5.97 Å². The number of fused-ring (bicyclic) bond motifs is 1. The van der Waals surface area contributed by atoms with Crippen LogP contribution >= 0.6 is 23.1 Å². The third-order valence-electron chi connectivity index (χ3n) is 6.12. The van der Waals surface area contributed by atoms with Gasteiger partial charge in [-0.1, -0.05) is 11.8 Å². The molecule has 0 spiro atoms. The van der Waals surface area contributed by atoms with Gasteiger partial charge in [-0.2, -0.15) is 0 Å². The van der Waals surface area contributed by atoms with E-state index in [2.05, 4.69) is 15.5 Å². The van der Waals surface area contributed by atoms with Crippen LogP contribution < -0.4 is 5.32 Å². The molecule has 9 nitrogen and oxygen atoms in total. The third kappa shape index (κ3) is 4.51. The second kappa shape index (κ2) is 9.93. The van der Waals surface area contributed by atoms with Gasteiger partial charge >= 0.3 is 5.97 Å². The highest BCUT2D eigenvalue weighted by atomic mass is 32.2. The van der Waals surface area contributed by atoms with E-state index in [0.717, 1.165) is 60.5 Å². The van der Waals surface area contributed by atoms with Crippen molar-refractivity contribution in [2.45, 2.75) is 56.8 Å². The quantitative estimate of drug-likeness (QED) is 0.362. The van der Waals surface area contributed by atoms with Crippen molar-refractivity contribution in [2.24, 2.45) is 0 Å². The fourth-order valence-corrected chi connectivity index (χ4v) is 6.51. The van der Waals surface area contributed by atoms with E-state index in [4.69, 9.17) is 13.9 Å². The van der Waals surface area contributed by atoms with Gasteiger partial charge < -0.3 is 19.2 Å². The molecule has 4 heterocycles. The fourth-order valence-electron chi connectivity index (χ4n) is 4.47. The van der Waals surface area contributed by atoms with Gasteiger partial charge in [0.15, 0.2) is 11.0 Å². The number of hydrogen-bond donors (Lipinski definition) is 1. The first-order valence-corrected chi connectivity index (χ1v) is 13.1. The highest BCUT2D eigenvalue weighted by Gasteiger charge is 2.28. The average molecular weight is 503 g/mol. The Bertz CT molecular complexity index is 1210. The lowest BCUT2D eigenvalue weighted by molar-refractivity contribution is -0.113. The summed E-state index contributed by atoms with van der Waals surface area (Å²) in [5, 5.41) is 12.9. The molecule has 0 aromatic carbocycles. The van der Waals surface area contributed by atoms with Gasteiger partial charge in [0, 0.05) is 11.5 Å². The maximum Gasteiger partial charge on any atom is 0.341 e. The number of amides is 1. The molecule has 1 amide bonds.